The van der Waals surface area contributed by atoms with Crippen molar-refractivity contribution in [3.8, 4) is 0 Å². The lowest BCUT2D eigenvalue weighted by atomic mass is 10.2. The summed E-state index contributed by atoms with van der Waals surface area (Å²) in [7, 11) is -5.24. The van der Waals surface area contributed by atoms with E-state index in [1.165, 1.54) is 0 Å². The van der Waals surface area contributed by atoms with Gasteiger partial charge in [-0.05, 0) is 0 Å². The Morgan fingerprint density at radius 3 is 1.79 bits per heavy atom. The van der Waals surface area contributed by atoms with Gasteiger partial charge in [-0.3, -0.25) is 34.9 Å². The highest BCUT2D eigenvalue weighted by atomic mass is 32.2. The lowest BCUT2D eigenvalue weighted by Crippen LogP contribution is -2.07. The van der Waals surface area contributed by atoms with E-state index < -0.39 is 46.8 Å². The van der Waals surface area contributed by atoms with Crippen LogP contribution in [0.4, 0.5) is 17.1 Å². The summed E-state index contributed by atoms with van der Waals surface area (Å²) in [5, 5.41) is 31.7. The van der Waals surface area contributed by atoms with Crippen LogP contribution in [-0.2, 0) is 10.1 Å². The van der Waals surface area contributed by atoms with Crippen molar-refractivity contribution in [3.63, 3.8) is 0 Å². The van der Waals surface area contributed by atoms with Crippen molar-refractivity contribution in [2.24, 2.45) is 0 Å². The number of nitro groups is 3. The molecule has 1 aromatic carbocycles. The Balaban J connectivity index is 3.92. The fraction of sp³-hybridized carbons (Fsp3) is 0. The predicted molar refractivity (Wildman–Crippen MR) is 56.2 cm³/mol. The molecule has 1 N–H and O–H groups in total. The first kappa shape index (κ1) is 14.4. The third-order valence-electron chi connectivity index (χ3n) is 1.91. The predicted octanol–water partition coefficient (Wildman–Crippen LogP) is 0.658. The number of hydrogen-bond donors (Lipinski definition) is 1. The van der Waals surface area contributed by atoms with Gasteiger partial charge in [0.25, 0.3) is 5.69 Å². The van der Waals surface area contributed by atoms with Crippen molar-refractivity contribution < 1.29 is 27.7 Å². The van der Waals surface area contributed by atoms with Crippen molar-refractivity contribution in [1.82, 2.24) is 0 Å². The van der Waals surface area contributed by atoms with Crippen molar-refractivity contribution in [2.75, 3.05) is 0 Å². The average molecular weight is 293 g/mol. The van der Waals surface area contributed by atoms with Crippen LogP contribution in [0.15, 0.2) is 17.0 Å². The maximum absolute atomic E-state index is 10.9. The molecule has 0 saturated carbocycles. The summed E-state index contributed by atoms with van der Waals surface area (Å²) in [6.07, 6.45) is 0. The number of benzene rings is 1. The molecule has 0 amide bonds. The molecule has 102 valence electrons. The Labute approximate surface area is 103 Å². The maximum Gasteiger partial charge on any atom is 0.367 e. The highest BCUT2D eigenvalue weighted by molar-refractivity contribution is 7.86. The second kappa shape index (κ2) is 4.54. The summed E-state index contributed by atoms with van der Waals surface area (Å²) in [4.78, 5) is 26.2. The van der Waals surface area contributed by atoms with Crippen LogP contribution >= 0.6 is 0 Å². The molecule has 0 unspecified atom stereocenters. The molecular weight excluding hydrogens is 290 g/mol. The minimum absolute atomic E-state index is 0.167. The quantitative estimate of drug-likeness (QED) is 0.472. The van der Waals surface area contributed by atoms with Crippen molar-refractivity contribution >= 4 is 27.2 Å². The van der Waals surface area contributed by atoms with E-state index in [4.69, 9.17) is 4.55 Å². The highest BCUT2D eigenvalue weighted by Gasteiger charge is 2.37. The lowest BCUT2D eigenvalue weighted by molar-refractivity contribution is -0.426. The number of non-ortho nitro benzene ring substituents is 1. The van der Waals surface area contributed by atoms with Crippen molar-refractivity contribution in [2.45, 2.75) is 4.90 Å². The normalized spacial score (nSPS) is 11.0. The van der Waals surface area contributed by atoms with E-state index in [-0.39, 0.29) is 12.1 Å². The molecule has 0 radical (unpaired) electrons. The molecule has 12 nitrogen and oxygen atoms in total. The fourth-order valence-corrected chi connectivity index (χ4v) is 1.90. The Hall–Kier alpha value is -2.67. The van der Waals surface area contributed by atoms with Crippen LogP contribution in [0.5, 0.6) is 0 Å². The third-order valence-corrected chi connectivity index (χ3v) is 2.77. The molecule has 0 aliphatic rings. The zero-order chi connectivity index (χ0) is 15.0. The van der Waals surface area contributed by atoms with E-state index in [1.807, 2.05) is 0 Å². The van der Waals surface area contributed by atoms with E-state index in [2.05, 4.69) is 0 Å². The molecule has 0 aliphatic heterocycles. The SMILES string of the molecule is O=[N+]([O-])c1cc([N+](=O)[O-])c([N+](=O)[O-])c(S(=O)(=O)O)c1. The molecule has 0 bridgehead atoms. The van der Waals surface area contributed by atoms with E-state index in [9.17, 15) is 38.8 Å². The molecule has 1 aromatic rings. The fourth-order valence-electron chi connectivity index (χ4n) is 1.20. The van der Waals surface area contributed by atoms with Crippen LogP contribution in [0.25, 0.3) is 0 Å². The summed E-state index contributed by atoms with van der Waals surface area (Å²) in [5.41, 5.74) is -4.03. The Bertz CT molecular complexity index is 694. The second-order valence-corrected chi connectivity index (χ2v) is 4.45. The summed E-state index contributed by atoms with van der Waals surface area (Å²) in [6.45, 7) is 0. The van der Waals surface area contributed by atoms with Crippen LogP contribution in [-0.4, -0.2) is 27.7 Å². The molecule has 13 heteroatoms. The van der Waals surface area contributed by atoms with Gasteiger partial charge in [0.2, 0.25) is 0 Å². The van der Waals surface area contributed by atoms with Gasteiger partial charge in [0.05, 0.1) is 14.8 Å². The monoisotopic (exact) mass is 293 g/mol. The molecule has 0 saturated heterocycles. The van der Waals surface area contributed by atoms with Gasteiger partial charge in [-0.1, -0.05) is 0 Å². The Kier molecular flexibility index (Phi) is 3.44. The maximum atomic E-state index is 10.9. The molecule has 0 heterocycles. The Morgan fingerprint density at radius 1 is 0.947 bits per heavy atom. The topological polar surface area (TPSA) is 184 Å². The van der Waals surface area contributed by atoms with Crippen LogP contribution in [0.1, 0.15) is 0 Å². The molecule has 0 atom stereocenters. The van der Waals surface area contributed by atoms with E-state index in [0.717, 1.165) is 0 Å². The first-order valence-corrected chi connectivity index (χ1v) is 5.58. The second-order valence-electron chi connectivity index (χ2n) is 3.06. The molecule has 0 aliphatic carbocycles. The largest absolute Gasteiger partial charge is 0.367 e. The highest BCUT2D eigenvalue weighted by Crippen LogP contribution is 2.37. The number of hydrogen-bond acceptors (Lipinski definition) is 8. The van der Waals surface area contributed by atoms with Crippen LogP contribution in [0.2, 0.25) is 0 Å². The molecule has 0 aromatic heterocycles. The Morgan fingerprint density at radius 2 is 1.47 bits per heavy atom. The van der Waals surface area contributed by atoms with Gasteiger partial charge in [0.1, 0.15) is 6.07 Å². The van der Waals surface area contributed by atoms with Crippen molar-refractivity contribution in [3.05, 3.63) is 42.5 Å². The summed E-state index contributed by atoms with van der Waals surface area (Å²) in [5.74, 6) is 0. The summed E-state index contributed by atoms with van der Waals surface area (Å²) in [6, 6.07) is 0.396. The zero-order valence-corrected chi connectivity index (χ0v) is 9.43. The van der Waals surface area contributed by atoms with Crippen LogP contribution in [0.3, 0.4) is 0 Å². The first-order chi connectivity index (χ1) is 8.55. The zero-order valence-electron chi connectivity index (χ0n) is 8.62. The van der Waals surface area contributed by atoms with E-state index in [1.54, 1.807) is 0 Å². The van der Waals surface area contributed by atoms with Crippen LogP contribution in [0, 0.1) is 30.3 Å². The van der Waals surface area contributed by atoms with Gasteiger partial charge < -0.3 is 0 Å². The average Bonchev–Trinajstić information content (AvgIpc) is 2.25. The smallest absolute Gasteiger partial charge is 0.282 e. The van der Waals surface area contributed by atoms with Gasteiger partial charge >= 0.3 is 21.5 Å². The molecule has 1 rings (SSSR count). The summed E-state index contributed by atoms with van der Waals surface area (Å²) < 4.78 is 30.6. The molecule has 0 spiro atoms. The van der Waals surface area contributed by atoms with Gasteiger partial charge in [-0.15, -0.1) is 0 Å². The minimum atomic E-state index is -5.24. The van der Waals surface area contributed by atoms with E-state index in [0.29, 0.717) is 0 Å². The summed E-state index contributed by atoms with van der Waals surface area (Å²) >= 11 is 0. The molecule has 19 heavy (non-hydrogen) atoms. The van der Waals surface area contributed by atoms with Gasteiger partial charge in [-0.25, -0.2) is 0 Å². The van der Waals surface area contributed by atoms with Gasteiger partial charge in [0, 0.05) is 6.07 Å². The third kappa shape index (κ3) is 2.78. The lowest BCUT2D eigenvalue weighted by Gasteiger charge is -2.00. The van der Waals surface area contributed by atoms with Gasteiger partial charge in [0.15, 0.2) is 4.90 Å². The van der Waals surface area contributed by atoms with Gasteiger partial charge in [-0.2, -0.15) is 8.42 Å². The standard InChI is InChI=1S/C6H3N3O9S/c10-7(11)3-1-4(8(12)13)6(9(14)15)5(2-3)19(16,17)18/h1-2H,(H,16,17,18). The van der Waals surface area contributed by atoms with Crippen LogP contribution < -0.4 is 0 Å². The number of rotatable bonds is 4. The first-order valence-electron chi connectivity index (χ1n) is 4.14. The number of nitro benzene ring substituents is 3. The molecule has 0 fully saturated rings. The van der Waals surface area contributed by atoms with E-state index >= 15 is 0 Å². The minimum Gasteiger partial charge on any atom is -0.282 e. The molecular formula is C6H3N3O9S. The van der Waals surface area contributed by atoms with Crippen molar-refractivity contribution in [1.29, 1.82) is 0 Å². The number of nitrogens with zero attached hydrogens (tertiary/aromatic N) is 3.